The summed E-state index contributed by atoms with van der Waals surface area (Å²) in [5.74, 6) is 1.73. The van der Waals surface area contributed by atoms with Crippen LogP contribution in [0.3, 0.4) is 0 Å². The number of halogens is 1. The molecule has 0 aromatic carbocycles. The van der Waals surface area contributed by atoms with Crippen molar-refractivity contribution >= 4 is 35.9 Å². The van der Waals surface area contributed by atoms with Crippen LogP contribution in [0.15, 0.2) is 4.99 Å². The van der Waals surface area contributed by atoms with Gasteiger partial charge in [0.1, 0.15) is 0 Å². The van der Waals surface area contributed by atoms with E-state index in [1.54, 1.807) is 0 Å². The predicted octanol–water partition coefficient (Wildman–Crippen LogP) is 2.97. The predicted molar refractivity (Wildman–Crippen MR) is 122 cm³/mol. The number of carbonyl (C=O) groups is 1. The minimum absolute atomic E-state index is 0. The van der Waals surface area contributed by atoms with Gasteiger partial charge in [0.25, 0.3) is 0 Å². The molecule has 1 unspecified atom stereocenters. The van der Waals surface area contributed by atoms with Crippen LogP contribution in [0.2, 0.25) is 0 Å². The largest absolute Gasteiger partial charge is 0.466 e. The second-order valence-corrected chi connectivity index (χ2v) is 7.74. The molecule has 2 fully saturated rings. The fraction of sp³-hybridized carbons (Fsp3) is 0.900. The van der Waals surface area contributed by atoms with Gasteiger partial charge in [-0.2, -0.15) is 0 Å². The lowest BCUT2D eigenvalue weighted by Gasteiger charge is -2.34. The minimum Gasteiger partial charge on any atom is -0.466 e. The van der Waals surface area contributed by atoms with Gasteiger partial charge in [-0.3, -0.25) is 9.79 Å². The van der Waals surface area contributed by atoms with E-state index in [1.165, 1.54) is 38.9 Å². The normalized spacial score (nSPS) is 22.3. The number of unbranched alkanes of at least 4 members (excludes halogenated alkanes) is 1. The summed E-state index contributed by atoms with van der Waals surface area (Å²) < 4.78 is 5.19. The zero-order valence-electron chi connectivity index (χ0n) is 17.4. The number of piperidine rings is 2. The third-order valence-electron chi connectivity index (χ3n) is 5.61. The number of nitrogens with zero attached hydrogens (tertiary/aromatic N) is 3. The van der Waals surface area contributed by atoms with E-state index in [1.807, 2.05) is 14.0 Å². The molecular formula is C20H39IN4O2. The summed E-state index contributed by atoms with van der Waals surface area (Å²) in [7, 11) is 1.82. The van der Waals surface area contributed by atoms with Crippen molar-refractivity contribution < 1.29 is 9.53 Å². The molecule has 0 bridgehead atoms. The number of esters is 1. The van der Waals surface area contributed by atoms with E-state index < -0.39 is 0 Å². The van der Waals surface area contributed by atoms with E-state index in [0.717, 1.165) is 44.2 Å². The highest BCUT2D eigenvalue weighted by Crippen LogP contribution is 2.18. The average Bonchev–Trinajstić information content (AvgIpc) is 2.66. The monoisotopic (exact) mass is 494 g/mol. The first-order valence-corrected chi connectivity index (χ1v) is 10.5. The van der Waals surface area contributed by atoms with Gasteiger partial charge in [-0.1, -0.05) is 6.92 Å². The van der Waals surface area contributed by atoms with E-state index >= 15 is 0 Å². The molecule has 2 aliphatic rings. The number of nitrogens with one attached hydrogen (secondary N) is 1. The summed E-state index contributed by atoms with van der Waals surface area (Å²) in [5.41, 5.74) is 0. The summed E-state index contributed by atoms with van der Waals surface area (Å²) >= 11 is 0. The van der Waals surface area contributed by atoms with Crippen LogP contribution >= 0.6 is 24.0 Å². The van der Waals surface area contributed by atoms with Crippen molar-refractivity contribution in [1.29, 1.82) is 0 Å². The van der Waals surface area contributed by atoms with Crippen LogP contribution in [-0.4, -0.2) is 74.7 Å². The Kier molecular flexibility index (Phi) is 12.3. The Labute approximate surface area is 182 Å². The number of rotatable bonds is 7. The Hall–Kier alpha value is -0.570. The molecule has 1 N–H and O–H groups in total. The van der Waals surface area contributed by atoms with E-state index in [0.29, 0.717) is 13.2 Å². The van der Waals surface area contributed by atoms with Crippen LogP contribution < -0.4 is 5.32 Å². The first-order chi connectivity index (χ1) is 12.6. The average molecular weight is 494 g/mol. The Morgan fingerprint density at radius 1 is 1.19 bits per heavy atom. The molecule has 0 radical (unpaired) electrons. The van der Waals surface area contributed by atoms with Gasteiger partial charge >= 0.3 is 5.97 Å². The Morgan fingerprint density at radius 2 is 1.93 bits per heavy atom. The molecule has 0 spiro atoms. The molecule has 0 saturated carbocycles. The molecule has 0 aromatic rings. The van der Waals surface area contributed by atoms with Crippen LogP contribution in [0.1, 0.15) is 52.4 Å². The lowest BCUT2D eigenvalue weighted by molar-refractivity contribution is -0.149. The molecule has 158 valence electrons. The smallest absolute Gasteiger partial charge is 0.310 e. The van der Waals surface area contributed by atoms with E-state index in [9.17, 15) is 4.79 Å². The van der Waals surface area contributed by atoms with Crippen LogP contribution in [0, 0.1) is 11.8 Å². The molecule has 0 aromatic heterocycles. The number of aliphatic imine (C=N–C) groups is 1. The molecule has 2 rings (SSSR count). The number of likely N-dealkylation sites (tertiary alicyclic amines) is 2. The molecule has 7 heteroatoms. The van der Waals surface area contributed by atoms with Gasteiger partial charge in [0.05, 0.1) is 12.5 Å². The van der Waals surface area contributed by atoms with Crippen molar-refractivity contribution in [2.24, 2.45) is 16.8 Å². The molecule has 2 heterocycles. The molecule has 0 aliphatic carbocycles. The van der Waals surface area contributed by atoms with Crippen LogP contribution in [0.25, 0.3) is 0 Å². The van der Waals surface area contributed by atoms with Crippen molar-refractivity contribution in [3.63, 3.8) is 0 Å². The zero-order chi connectivity index (χ0) is 18.8. The lowest BCUT2D eigenvalue weighted by atomic mass is 9.98. The maximum absolute atomic E-state index is 12.0. The molecule has 1 atom stereocenters. The molecule has 6 nitrogen and oxygen atoms in total. The van der Waals surface area contributed by atoms with Crippen LogP contribution in [-0.2, 0) is 9.53 Å². The minimum atomic E-state index is -0.0662. The highest BCUT2D eigenvalue weighted by molar-refractivity contribution is 14.0. The SMILES string of the molecule is CCOC(=O)C1CCCN(C(=NC)NCCCCN2CCC(C)CC2)C1.I. The first kappa shape index (κ1) is 24.5. The second-order valence-electron chi connectivity index (χ2n) is 7.74. The summed E-state index contributed by atoms with van der Waals surface area (Å²) in [6.45, 7) is 11.0. The molecule has 0 amide bonds. The van der Waals surface area contributed by atoms with Crippen molar-refractivity contribution in [1.82, 2.24) is 15.1 Å². The molecule has 27 heavy (non-hydrogen) atoms. The Bertz CT molecular complexity index is 453. The van der Waals surface area contributed by atoms with Crippen molar-refractivity contribution in [2.75, 3.05) is 52.9 Å². The second kappa shape index (κ2) is 13.6. The maximum atomic E-state index is 12.0. The highest BCUT2D eigenvalue weighted by atomic mass is 127. The van der Waals surface area contributed by atoms with Gasteiger partial charge in [-0.25, -0.2) is 0 Å². The summed E-state index contributed by atoms with van der Waals surface area (Å²) in [4.78, 5) is 21.2. The summed E-state index contributed by atoms with van der Waals surface area (Å²) in [6, 6.07) is 0. The van der Waals surface area contributed by atoms with Gasteiger partial charge in [-0.15, -0.1) is 24.0 Å². The van der Waals surface area contributed by atoms with Crippen LogP contribution in [0.5, 0.6) is 0 Å². The molecular weight excluding hydrogens is 455 g/mol. The fourth-order valence-electron chi connectivity index (χ4n) is 3.90. The van der Waals surface area contributed by atoms with Gasteiger partial charge in [0.2, 0.25) is 0 Å². The Balaban J connectivity index is 0.00000364. The molecule has 2 aliphatic heterocycles. The number of hydrogen-bond acceptors (Lipinski definition) is 4. The number of guanidine groups is 1. The quantitative estimate of drug-likeness (QED) is 0.194. The van der Waals surface area contributed by atoms with E-state index in [2.05, 4.69) is 27.0 Å². The Morgan fingerprint density at radius 3 is 2.59 bits per heavy atom. The fourth-order valence-corrected chi connectivity index (χ4v) is 3.90. The van der Waals surface area contributed by atoms with Crippen LogP contribution in [0.4, 0.5) is 0 Å². The number of carbonyl (C=O) groups excluding carboxylic acids is 1. The standard InChI is InChI=1S/C20H38N4O2.HI/c1-4-26-19(25)18-8-7-13-24(16-18)20(21-3)22-11-5-6-12-23-14-9-17(2)10-15-23;/h17-18H,4-16H2,1-3H3,(H,21,22);1H. The highest BCUT2D eigenvalue weighted by Gasteiger charge is 2.28. The topological polar surface area (TPSA) is 57.2 Å². The van der Waals surface area contributed by atoms with E-state index in [-0.39, 0.29) is 35.9 Å². The zero-order valence-corrected chi connectivity index (χ0v) is 19.7. The summed E-state index contributed by atoms with van der Waals surface area (Å²) in [5, 5.41) is 3.48. The number of ether oxygens (including phenoxy) is 1. The summed E-state index contributed by atoms with van der Waals surface area (Å²) in [6.07, 6.45) is 7.01. The first-order valence-electron chi connectivity index (χ1n) is 10.5. The lowest BCUT2D eigenvalue weighted by Crippen LogP contribution is -2.48. The van der Waals surface area contributed by atoms with Gasteiger partial charge < -0.3 is 19.9 Å². The number of hydrogen-bond donors (Lipinski definition) is 1. The maximum Gasteiger partial charge on any atom is 0.310 e. The van der Waals surface area contributed by atoms with E-state index in [4.69, 9.17) is 4.74 Å². The van der Waals surface area contributed by atoms with Gasteiger partial charge in [0.15, 0.2) is 5.96 Å². The van der Waals surface area contributed by atoms with Crippen molar-refractivity contribution in [3.8, 4) is 0 Å². The van der Waals surface area contributed by atoms with Crippen molar-refractivity contribution in [3.05, 3.63) is 0 Å². The van der Waals surface area contributed by atoms with Crippen molar-refractivity contribution in [2.45, 2.75) is 52.4 Å². The molecule has 2 saturated heterocycles. The third-order valence-corrected chi connectivity index (χ3v) is 5.61. The third kappa shape index (κ3) is 8.54. The van der Waals surface area contributed by atoms with Gasteiger partial charge in [0, 0.05) is 26.7 Å². The van der Waals surface area contributed by atoms with Gasteiger partial charge in [-0.05, 0) is 71.0 Å².